The van der Waals surface area contributed by atoms with Crippen LogP contribution in [-0.4, -0.2) is 97.7 Å². The van der Waals surface area contributed by atoms with E-state index in [-0.39, 0.29) is 107 Å². The third-order valence-corrected chi connectivity index (χ3v) is 12.5. The third-order valence-electron chi connectivity index (χ3n) is 9.83. The van der Waals surface area contributed by atoms with E-state index < -0.39 is 40.6 Å². The molecule has 7 rings (SSSR count). The number of aryl methyl sites for hydroxylation is 1. The predicted octanol–water partition coefficient (Wildman–Crippen LogP) is 7.03. The number of benzene rings is 7. The van der Waals surface area contributed by atoms with Crippen LogP contribution in [0.15, 0.2) is 186 Å². The fourth-order valence-corrected chi connectivity index (χ4v) is 7.90. The molecule has 0 spiro atoms. The number of aliphatic hydroxyl groups is 8. The van der Waals surface area contributed by atoms with Crippen molar-refractivity contribution in [3.8, 4) is 0 Å². The van der Waals surface area contributed by atoms with Crippen LogP contribution in [0.1, 0.15) is 70.9 Å². The van der Waals surface area contributed by atoms with Gasteiger partial charge >= 0.3 is 59.1 Å². The van der Waals surface area contributed by atoms with E-state index in [0.717, 1.165) is 28.8 Å². The Morgan fingerprint density at radius 3 is 1.15 bits per heavy atom. The van der Waals surface area contributed by atoms with Crippen molar-refractivity contribution in [2.75, 3.05) is 40.0 Å². The van der Waals surface area contributed by atoms with Gasteiger partial charge in [-0.25, -0.2) is 0 Å². The molecule has 84 heavy (non-hydrogen) atoms. The van der Waals surface area contributed by atoms with Gasteiger partial charge in [0.2, 0.25) is 0 Å². The van der Waals surface area contributed by atoms with Gasteiger partial charge in [0.25, 0.3) is 10.1 Å². The largest absolute Gasteiger partial charge is 1.00 e. The number of aliphatic hydroxyl groups excluding tert-OH is 8. The molecule has 7 aromatic carbocycles. The van der Waals surface area contributed by atoms with E-state index in [0.29, 0.717) is 47.4 Å². The summed E-state index contributed by atoms with van der Waals surface area (Å²) in [5.41, 5.74) is 32.0. The average molecular weight is 1310 g/mol. The number of halogens is 6. The van der Waals surface area contributed by atoms with E-state index >= 15 is 0 Å². The van der Waals surface area contributed by atoms with E-state index in [2.05, 4.69) is 16.6 Å². The van der Waals surface area contributed by atoms with Crippen molar-refractivity contribution >= 4 is 94.2 Å². The zero-order valence-corrected chi connectivity index (χ0v) is 55.5. The summed E-state index contributed by atoms with van der Waals surface area (Å²) in [6.07, 6.45) is -2.33. The van der Waals surface area contributed by atoms with Crippen LogP contribution in [0.5, 0.6) is 0 Å². The first-order valence-corrected chi connectivity index (χ1v) is 27.1. The maximum atomic E-state index is 12.0. The fraction of sp³-hybridized carbons (Fsp3) is 0.214. The molecule has 7 aromatic rings. The van der Waals surface area contributed by atoms with Gasteiger partial charge in [0, 0.05) is 57.1 Å². The van der Waals surface area contributed by atoms with Gasteiger partial charge in [0.1, 0.15) is 18.3 Å². The minimum Gasteiger partial charge on any atom is -1.00 e. The Kier molecular flexibility index (Phi) is 53.0. The first kappa shape index (κ1) is 86.7. The van der Waals surface area contributed by atoms with Crippen LogP contribution >= 0.6 is 69.6 Å². The molecule has 0 aliphatic rings. The molecule has 0 aliphatic heterocycles. The zero-order valence-electron chi connectivity index (χ0n) is 47.2. The summed E-state index contributed by atoms with van der Waals surface area (Å²) >= 11 is 34.2. The second-order valence-electron chi connectivity index (χ2n) is 15.8. The average Bonchev–Trinajstić information content (AvgIpc) is 3.61. The standard InChI is InChI=1S/C15H15ClO4S.C8H8ClN3O.C8H10ClNO.2C8H9ClO2.C8H7Cl.CH4O.B.N3.2Na.H/c1-11-5-7-14(8-6-11)21(18,19)20-10-15(17)12-3-2-4-13(16)9-12;9-7-3-1-2-6(4-7)8(13)5-11-12-10;3*9-7-3-1-2-6(4-7)8(11)5-10;1-2-7-4-3-5-8(9)6-7;1-2;;1-3-2;;;/h2-9,15,17H,10H2,1H3;1-4,8,13H,5H2;1-4,8,11H,5,10H2;2*1-4,8,10-11H,5H2;2-6H,1H2;2H,1H3;;;;;/q;;;;;;;;-1;2*+1;-1/t15-;4*8-;;;;;;;/m11111......./s1. The molecule has 18 nitrogen and oxygen atoms in total. The van der Waals surface area contributed by atoms with Crippen LogP contribution in [0.2, 0.25) is 30.1 Å². The molecule has 0 aliphatic carbocycles. The number of nitrogens with two attached hydrogens (primary N) is 1. The summed E-state index contributed by atoms with van der Waals surface area (Å²) in [6.45, 7) is 4.80. The summed E-state index contributed by atoms with van der Waals surface area (Å²) in [4.78, 5) is 4.12. The van der Waals surface area contributed by atoms with Gasteiger partial charge in [-0.15, -0.1) is 0 Å². The van der Waals surface area contributed by atoms with Gasteiger partial charge in [0.05, 0.1) is 43.5 Å². The smallest absolute Gasteiger partial charge is 1.00 e. The summed E-state index contributed by atoms with van der Waals surface area (Å²) in [6, 6.07) is 47.9. The predicted molar refractivity (Wildman–Crippen MR) is 330 cm³/mol. The van der Waals surface area contributed by atoms with Crippen LogP contribution in [0, 0.1) is 6.92 Å². The Balaban J connectivity index is -0.000000300. The second-order valence-corrected chi connectivity index (χ2v) is 20.0. The van der Waals surface area contributed by atoms with E-state index in [4.69, 9.17) is 122 Å². The molecular weight excluding hydrogens is 1250 g/mol. The van der Waals surface area contributed by atoms with Gasteiger partial charge in [-0.3, -0.25) is 9.09 Å². The molecule has 0 fully saturated rings. The summed E-state index contributed by atoms with van der Waals surface area (Å²) < 4.78 is 28.9. The zero-order chi connectivity index (χ0) is 61.3. The van der Waals surface area contributed by atoms with Crippen molar-refractivity contribution in [1.82, 2.24) is 0 Å². The van der Waals surface area contributed by atoms with Gasteiger partial charge in [-0.05, 0) is 131 Å². The van der Waals surface area contributed by atoms with E-state index in [9.17, 15) is 23.7 Å². The Bertz CT molecular complexity index is 3000. The molecule has 0 saturated heterocycles. The van der Waals surface area contributed by atoms with Crippen molar-refractivity contribution in [2.24, 2.45) is 10.8 Å². The molecule has 441 valence electrons. The minimum absolute atomic E-state index is 0. The molecule has 0 bridgehead atoms. The topological polar surface area (TPSA) is 339 Å². The Morgan fingerprint density at radius 2 is 0.869 bits per heavy atom. The van der Waals surface area contributed by atoms with Gasteiger partial charge in [-0.2, -0.15) is 8.42 Å². The van der Waals surface area contributed by atoms with Gasteiger partial charge in [-0.1, -0.05) is 178 Å². The van der Waals surface area contributed by atoms with E-state index in [1.807, 2.05) is 31.2 Å². The molecule has 0 unspecified atom stereocenters. The molecule has 10 N–H and O–H groups in total. The van der Waals surface area contributed by atoms with E-state index in [1.54, 1.807) is 140 Å². The minimum atomic E-state index is -3.88. The normalized spacial score (nSPS) is 11.3. The fourth-order valence-electron chi connectivity index (χ4n) is 5.79. The summed E-state index contributed by atoms with van der Waals surface area (Å²) in [5, 5.41) is 77.9. The summed E-state index contributed by atoms with van der Waals surface area (Å²) in [7, 11) is -2.88. The molecule has 3 radical (unpaired) electrons. The Morgan fingerprint density at radius 1 is 0.560 bits per heavy atom. The van der Waals surface area contributed by atoms with Crippen LogP contribution in [0.4, 0.5) is 0 Å². The Hall–Kier alpha value is -3.75. The second kappa shape index (κ2) is 51.3. The number of azide groups is 1. The van der Waals surface area contributed by atoms with Crippen LogP contribution < -0.4 is 64.8 Å². The maximum Gasteiger partial charge on any atom is 1.00 e. The van der Waals surface area contributed by atoms with Crippen molar-refractivity contribution in [1.29, 1.82) is 0 Å². The van der Waals surface area contributed by atoms with E-state index in [1.165, 1.54) is 17.0 Å². The first-order valence-electron chi connectivity index (χ1n) is 23.5. The van der Waals surface area contributed by atoms with Crippen molar-refractivity contribution in [2.45, 2.75) is 42.3 Å². The summed E-state index contributed by atoms with van der Waals surface area (Å²) in [5.74, 6) is 0. The molecule has 0 aromatic heterocycles. The van der Waals surface area contributed by atoms with Gasteiger partial charge in [0.15, 0.2) is 0 Å². The number of hydrogen-bond donors (Lipinski definition) is 9. The Labute approximate surface area is 567 Å². The number of hydrogen-bond acceptors (Lipinski definition) is 13. The molecule has 5 atom stereocenters. The third kappa shape index (κ3) is 38.4. The molecule has 0 saturated carbocycles. The quantitative estimate of drug-likeness (QED) is 0.0164. The van der Waals surface area contributed by atoms with Crippen molar-refractivity contribution in [3.05, 3.63) is 272 Å². The molecule has 0 heterocycles. The molecule has 0 amide bonds. The van der Waals surface area contributed by atoms with Crippen LogP contribution in [0.25, 0.3) is 32.5 Å². The van der Waals surface area contributed by atoms with Gasteiger partial charge < -0.3 is 59.1 Å². The van der Waals surface area contributed by atoms with Crippen molar-refractivity contribution in [3.63, 3.8) is 0 Å². The monoisotopic (exact) mass is 1310 g/mol. The van der Waals surface area contributed by atoms with Crippen molar-refractivity contribution < 1.29 is 114 Å². The number of rotatable bonds is 15. The maximum absolute atomic E-state index is 12.0. The van der Waals surface area contributed by atoms with Crippen LogP contribution in [0.3, 0.4) is 0 Å². The molecule has 28 heteroatoms. The molecular formula is C56H63BCl6N7Na2O11S. The first-order chi connectivity index (χ1) is 38.6. The van der Waals surface area contributed by atoms with Crippen LogP contribution in [-0.2, 0) is 14.3 Å². The number of nitrogens with zero attached hydrogens (tertiary/aromatic N) is 6. The SMILES string of the molecule is C=Cc1cccc(Cl)c1.CO.Cc1ccc(S(=O)(=O)OC[C@@H](O)c2cccc(Cl)c2)cc1.NC[C@@H](O)c1cccc(Cl)c1.OC[C@@H](O)c1cccc(Cl)c1.OC[C@@H](O)c1cccc(Cl)c1.[B].[H-].[N-]=[N+]=NC[C@@H](O)c1cccc(Cl)c1.[N-]=[N+]=[N-].[Na+].[Na+].